The molecule has 0 bridgehead atoms. The molecule has 1 aliphatic rings. The zero-order valence-corrected chi connectivity index (χ0v) is 16.5. The van der Waals surface area contributed by atoms with Gasteiger partial charge in [0, 0.05) is 44.5 Å². The number of amides is 2. The molecule has 4 heterocycles. The van der Waals surface area contributed by atoms with Crippen molar-refractivity contribution in [2.75, 3.05) is 20.1 Å². The quantitative estimate of drug-likeness (QED) is 0.704. The highest BCUT2D eigenvalue weighted by molar-refractivity contribution is 5.94. The van der Waals surface area contributed by atoms with Crippen molar-refractivity contribution in [3.63, 3.8) is 0 Å². The van der Waals surface area contributed by atoms with Crippen LogP contribution in [0, 0.1) is 13.8 Å². The molecule has 4 rings (SSSR count). The molecule has 1 saturated heterocycles. The van der Waals surface area contributed by atoms with Crippen molar-refractivity contribution in [2.24, 2.45) is 0 Å². The Balaban J connectivity index is 1.53. The summed E-state index contributed by atoms with van der Waals surface area (Å²) in [6.45, 7) is 4.42. The number of fused-ring (bicyclic) bond motifs is 1. The van der Waals surface area contributed by atoms with E-state index >= 15 is 0 Å². The second kappa shape index (κ2) is 7.19. The number of likely N-dealkylation sites (N-methyl/N-ethyl adjacent to an activating group) is 1. The molecule has 0 spiro atoms. The van der Waals surface area contributed by atoms with Gasteiger partial charge in [-0.3, -0.25) is 14.4 Å². The monoisotopic (exact) mass is 398 g/mol. The van der Waals surface area contributed by atoms with Crippen LogP contribution in [0.2, 0.25) is 0 Å². The van der Waals surface area contributed by atoms with Gasteiger partial charge in [0.05, 0.1) is 11.4 Å². The van der Waals surface area contributed by atoms with Crippen LogP contribution < -0.4 is 5.56 Å². The number of carbonyl (C=O) groups is 2. The number of hydrogen-bond donors (Lipinski definition) is 1. The molecule has 1 N–H and O–H groups in total. The zero-order valence-electron chi connectivity index (χ0n) is 16.5. The van der Waals surface area contributed by atoms with Gasteiger partial charge in [0.25, 0.3) is 17.4 Å². The molecule has 0 radical (unpaired) electrons. The normalized spacial score (nSPS) is 16.9. The number of rotatable bonds is 3. The van der Waals surface area contributed by atoms with Crippen molar-refractivity contribution in [3.05, 3.63) is 51.4 Å². The summed E-state index contributed by atoms with van der Waals surface area (Å²) in [5, 5.41) is 8.00. The van der Waals surface area contributed by atoms with Crippen molar-refractivity contribution in [2.45, 2.75) is 32.7 Å². The van der Waals surface area contributed by atoms with Crippen molar-refractivity contribution in [1.29, 1.82) is 0 Å². The van der Waals surface area contributed by atoms with Gasteiger partial charge in [-0.15, -0.1) is 0 Å². The molecule has 29 heavy (non-hydrogen) atoms. The molecule has 0 saturated carbocycles. The van der Waals surface area contributed by atoms with Crippen molar-refractivity contribution >= 4 is 17.5 Å². The maximum atomic E-state index is 13.0. The summed E-state index contributed by atoms with van der Waals surface area (Å²) in [7, 11) is 1.68. The highest BCUT2D eigenvalue weighted by Gasteiger charge is 2.31. The second-order valence-corrected chi connectivity index (χ2v) is 7.41. The largest absolute Gasteiger partial charge is 0.351 e. The number of hydrogen-bond acceptors (Lipinski definition) is 6. The first-order valence-electron chi connectivity index (χ1n) is 9.42. The lowest BCUT2D eigenvalue weighted by Gasteiger charge is -2.37. The summed E-state index contributed by atoms with van der Waals surface area (Å²) in [5.41, 5.74) is 1.48. The lowest BCUT2D eigenvalue weighted by atomic mass is 10.0. The minimum Gasteiger partial charge on any atom is -0.351 e. The molecule has 10 heteroatoms. The third-order valence-electron chi connectivity index (χ3n) is 5.22. The third kappa shape index (κ3) is 3.53. The van der Waals surface area contributed by atoms with Gasteiger partial charge in [-0.1, -0.05) is 5.16 Å². The summed E-state index contributed by atoms with van der Waals surface area (Å²) in [4.78, 5) is 43.9. The van der Waals surface area contributed by atoms with E-state index in [0.29, 0.717) is 24.4 Å². The maximum Gasteiger partial charge on any atom is 0.292 e. The molecule has 152 valence electrons. The number of piperidine rings is 1. The number of carbonyl (C=O) groups excluding carboxylic acids is 2. The molecule has 0 aliphatic carbocycles. The highest BCUT2D eigenvalue weighted by Crippen LogP contribution is 2.19. The fourth-order valence-electron chi connectivity index (χ4n) is 3.66. The molecule has 1 fully saturated rings. The first-order chi connectivity index (χ1) is 13.8. The Kier molecular flexibility index (Phi) is 4.69. The van der Waals surface area contributed by atoms with Crippen LogP contribution >= 0.6 is 0 Å². The summed E-state index contributed by atoms with van der Waals surface area (Å²) < 4.78 is 6.56. The van der Waals surface area contributed by atoms with E-state index in [-0.39, 0.29) is 29.2 Å². The van der Waals surface area contributed by atoms with Gasteiger partial charge in [0.2, 0.25) is 5.76 Å². The number of nitrogens with zero attached hydrogens (tertiary/aromatic N) is 5. The number of aryl methyl sites for hydroxylation is 2. The van der Waals surface area contributed by atoms with Crippen LogP contribution in [0.25, 0.3) is 5.65 Å². The molecule has 1 atom stereocenters. The maximum absolute atomic E-state index is 13.0. The van der Waals surface area contributed by atoms with Crippen LogP contribution in [0.5, 0.6) is 0 Å². The predicted octanol–water partition coefficient (Wildman–Crippen LogP) is 1.00. The number of H-pyrrole nitrogens is 1. The van der Waals surface area contributed by atoms with Crippen LogP contribution in [-0.4, -0.2) is 67.5 Å². The lowest BCUT2D eigenvalue weighted by Crippen LogP contribution is -2.51. The fourth-order valence-corrected chi connectivity index (χ4v) is 3.66. The Labute approximate surface area is 166 Å². The summed E-state index contributed by atoms with van der Waals surface area (Å²) >= 11 is 0. The van der Waals surface area contributed by atoms with E-state index < -0.39 is 5.56 Å². The average Bonchev–Trinajstić information content (AvgIpc) is 3.30. The van der Waals surface area contributed by atoms with Gasteiger partial charge in [0.15, 0.2) is 0 Å². The first kappa shape index (κ1) is 18.9. The minimum atomic E-state index is -0.453. The van der Waals surface area contributed by atoms with E-state index in [1.54, 1.807) is 35.9 Å². The molecule has 10 nitrogen and oxygen atoms in total. The first-order valence-corrected chi connectivity index (χ1v) is 9.42. The van der Waals surface area contributed by atoms with Crippen LogP contribution in [-0.2, 0) is 0 Å². The topological polar surface area (TPSA) is 117 Å². The lowest BCUT2D eigenvalue weighted by molar-refractivity contribution is 0.0498. The highest BCUT2D eigenvalue weighted by atomic mass is 16.5. The van der Waals surface area contributed by atoms with E-state index in [9.17, 15) is 14.4 Å². The number of aromatic nitrogens is 4. The summed E-state index contributed by atoms with van der Waals surface area (Å²) in [6.07, 6.45) is 2.94. The van der Waals surface area contributed by atoms with E-state index in [4.69, 9.17) is 4.52 Å². The van der Waals surface area contributed by atoms with Crippen LogP contribution in [0.1, 0.15) is 45.1 Å². The van der Waals surface area contributed by atoms with Crippen molar-refractivity contribution in [3.8, 4) is 0 Å². The molecule has 1 aliphatic heterocycles. The summed E-state index contributed by atoms with van der Waals surface area (Å²) in [5.74, 6) is -0.483. The Bertz CT molecular complexity index is 1140. The minimum absolute atomic E-state index is 0.0288. The van der Waals surface area contributed by atoms with Gasteiger partial charge in [-0.25, -0.2) is 4.52 Å². The van der Waals surface area contributed by atoms with E-state index in [1.165, 1.54) is 10.7 Å². The van der Waals surface area contributed by atoms with E-state index in [1.807, 2.05) is 6.92 Å². The van der Waals surface area contributed by atoms with Crippen molar-refractivity contribution in [1.82, 2.24) is 29.6 Å². The van der Waals surface area contributed by atoms with Gasteiger partial charge in [0.1, 0.15) is 11.2 Å². The fraction of sp³-hybridized carbons (Fsp3) is 0.421. The molecular formula is C19H22N6O4. The molecule has 3 aromatic rings. The van der Waals surface area contributed by atoms with Crippen LogP contribution in [0.15, 0.2) is 27.6 Å². The molecular weight excluding hydrogens is 376 g/mol. The van der Waals surface area contributed by atoms with Gasteiger partial charge >= 0.3 is 0 Å². The SMILES string of the molecule is Cc1cc(C(=O)N(C)C2CCCN(C(=O)c3cn4nc(C)cc4[nH]c3=O)C2)on1. The Morgan fingerprint density at radius 1 is 1.28 bits per heavy atom. The predicted molar refractivity (Wildman–Crippen MR) is 103 cm³/mol. The van der Waals surface area contributed by atoms with Gasteiger partial charge in [-0.2, -0.15) is 5.10 Å². The Morgan fingerprint density at radius 2 is 2.07 bits per heavy atom. The standard InChI is InChI=1S/C19H22N6O4/c1-11-8-16-20-17(26)14(10-25(16)21-11)18(27)24-6-4-5-13(9-24)23(3)19(28)15-7-12(2)22-29-15/h7-8,10,13H,4-6,9H2,1-3H3,(H,20,26). The van der Waals surface area contributed by atoms with Crippen LogP contribution in [0.3, 0.4) is 0 Å². The number of aromatic amines is 1. The smallest absolute Gasteiger partial charge is 0.292 e. The number of likely N-dealkylation sites (tertiary alicyclic amines) is 1. The van der Waals surface area contributed by atoms with Gasteiger partial charge in [-0.05, 0) is 26.7 Å². The molecule has 0 aromatic carbocycles. The number of nitrogens with one attached hydrogen (secondary N) is 1. The Hall–Kier alpha value is -3.43. The second-order valence-electron chi connectivity index (χ2n) is 7.41. The molecule has 3 aromatic heterocycles. The Morgan fingerprint density at radius 3 is 2.79 bits per heavy atom. The molecule has 2 amide bonds. The average molecular weight is 398 g/mol. The van der Waals surface area contributed by atoms with Crippen LogP contribution in [0.4, 0.5) is 0 Å². The summed E-state index contributed by atoms with van der Waals surface area (Å²) in [6, 6.07) is 3.14. The third-order valence-corrected chi connectivity index (χ3v) is 5.22. The zero-order chi connectivity index (χ0) is 20.7. The van der Waals surface area contributed by atoms with Crippen molar-refractivity contribution < 1.29 is 14.1 Å². The van der Waals surface area contributed by atoms with Gasteiger partial charge < -0.3 is 19.3 Å². The van der Waals surface area contributed by atoms with E-state index in [2.05, 4.69) is 15.2 Å². The molecule has 1 unspecified atom stereocenters. The van der Waals surface area contributed by atoms with E-state index in [0.717, 1.165) is 18.5 Å².